The fourth-order valence-electron chi connectivity index (χ4n) is 2.03. The van der Waals surface area contributed by atoms with Crippen molar-refractivity contribution in [1.29, 1.82) is 0 Å². The van der Waals surface area contributed by atoms with Crippen molar-refractivity contribution < 1.29 is 8.78 Å². The van der Waals surface area contributed by atoms with E-state index in [9.17, 15) is 8.78 Å². The number of nitrogens with two attached hydrogens (primary N) is 1. The Kier molecular flexibility index (Phi) is 4.21. The van der Waals surface area contributed by atoms with Gasteiger partial charge < -0.3 is 5.73 Å². The predicted molar refractivity (Wildman–Crippen MR) is 67.3 cm³/mol. The van der Waals surface area contributed by atoms with E-state index in [0.29, 0.717) is 12.0 Å². The van der Waals surface area contributed by atoms with Gasteiger partial charge in [-0.25, -0.2) is 13.5 Å². The van der Waals surface area contributed by atoms with E-state index < -0.39 is 11.6 Å². The Labute approximate surface area is 110 Å². The Hall–Kier alpha value is -1.82. The van der Waals surface area contributed by atoms with Crippen molar-refractivity contribution in [3.05, 3.63) is 47.3 Å². The monoisotopic (exact) mass is 266 g/mol. The minimum absolute atomic E-state index is 0.339. The second kappa shape index (κ2) is 5.88. The molecule has 0 amide bonds. The lowest BCUT2D eigenvalue weighted by Crippen LogP contribution is -2.18. The molecule has 4 nitrogen and oxygen atoms in total. The van der Waals surface area contributed by atoms with E-state index in [0.717, 1.165) is 24.7 Å². The summed E-state index contributed by atoms with van der Waals surface area (Å²) < 4.78 is 27.9. The van der Waals surface area contributed by atoms with Crippen molar-refractivity contribution in [1.82, 2.24) is 15.0 Å². The van der Waals surface area contributed by atoms with Crippen LogP contribution in [0.4, 0.5) is 8.78 Å². The molecule has 102 valence electrons. The molecule has 1 aromatic heterocycles. The van der Waals surface area contributed by atoms with Crippen LogP contribution in [-0.2, 0) is 13.0 Å². The maximum absolute atomic E-state index is 13.1. The van der Waals surface area contributed by atoms with E-state index in [2.05, 4.69) is 10.3 Å². The average Bonchev–Trinajstić information content (AvgIpc) is 2.76. The van der Waals surface area contributed by atoms with E-state index >= 15 is 0 Å². The topological polar surface area (TPSA) is 56.7 Å². The van der Waals surface area contributed by atoms with Gasteiger partial charge in [0.15, 0.2) is 0 Å². The predicted octanol–water partition coefficient (Wildman–Crippen LogP) is 2.21. The van der Waals surface area contributed by atoms with Crippen LogP contribution in [0.25, 0.3) is 0 Å². The van der Waals surface area contributed by atoms with Crippen molar-refractivity contribution in [2.75, 3.05) is 0 Å². The van der Waals surface area contributed by atoms with Crippen LogP contribution in [-0.4, -0.2) is 15.0 Å². The molecule has 0 spiro atoms. The summed E-state index contributed by atoms with van der Waals surface area (Å²) in [5.41, 5.74) is 7.35. The first-order chi connectivity index (χ1) is 9.10. The third kappa shape index (κ3) is 3.35. The van der Waals surface area contributed by atoms with Crippen molar-refractivity contribution in [2.24, 2.45) is 5.73 Å². The van der Waals surface area contributed by atoms with E-state index in [4.69, 9.17) is 5.73 Å². The molecule has 0 saturated carbocycles. The minimum atomic E-state index is -0.595. The molecule has 1 heterocycles. The normalized spacial score (nSPS) is 12.6. The summed E-state index contributed by atoms with van der Waals surface area (Å²) in [5.74, 6) is -1.19. The molecule has 6 heteroatoms. The summed E-state index contributed by atoms with van der Waals surface area (Å²) in [5, 5.41) is 7.77. The van der Waals surface area contributed by atoms with E-state index in [-0.39, 0.29) is 6.04 Å². The molecule has 0 bridgehead atoms. The molecule has 0 aliphatic carbocycles. The molecule has 0 radical (unpaired) electrons. The molecule has 2 aromatic rings. The Morgan fingerprint density at radius 2 is 1.95 bits per heavy atom. The fraction of sp³-hybridized carbons (Fsp3) is 0.385. The zero-order valence-corrected chi connectivity index (χ0v) is 10.7. The summed E-state index contributed by atoms with van der Waals surface area (Å²) in [7, 11) is 0. The number of halogens is 2. The summed E-state index contributed by atoms with van der Waals surface area (Å²) in [6.45, 7) is 2.75. The maximum Gasteiger partial charge on any atom is 0.126 e. The van der Waals surface area contributed by atoms with Gasteiger partial charge in [-0.05, 0) is 30.5 Å². The quantitative estimate of drug-likeness (QED) is 0.902. The number of rotatable bonds is 5. The minimum Gasteiger partial charge on any atom is -0.322 e. The van der Waals surface area contributed by atoms with Crippen molar-refractivity contribution in [2.45, 2.75) is 32.4 Å². The number of nitrogens with zero attached hydrogens (tertiary/aromatic N) is 3. The number of benzene rings is 1. The molecule has 2 N–H and O–H groups in total. The van der Waals surface area contributed by atoms with Crippen LogP contribution in [0.2, 0.25) is 0 Å². The number of hydrogen-bond acceptors (Lipinski definition) is 3. The van der Waals surface area contributed by atoms with Crippen molar-refractivity contribution in [3.8, 4) is 0 Å². The van der Waals surface area contributed by atoms with Crippen LogP contribution in [0, 0.1) is 11.6 Å². The molecule has 19 heavy (non-hydrogen) atoms. The number of hydrogen-bond donors (Lipinski definition) is 1. The van der Waals surface area contributed by atoms with Crippen LogP contribution < -0.4 is 5.73 Å². The summed E-state index contributed by atoms with van der Waals surface area (Å²) in [4.78, 5) is 0. The van der Waals surface area contributed by atoms with Gasteiger partial charge in [0, 0.05) is 12.6 Å². The molecule has 1 unspecified atom stereocenters. The van der Waals surface area contributed by atoms with Crippen LogP contribution in [0.3, 0.4) is 0 Å². The lowest BCUT2D eigenvalue weighted by atomic mass is 10.0. The molecule has 1 atom stereocenters. The first-order valence-corrected chi connectivity index (χ1v) is 6.19. The van der Waals surface area contributed by atoms with Gasteiger partial charge in [-0.3, -0.25) is 0 Å². The first kappa shape index (κ1) is 13.6. The van der Waals surface area contributed by atoms with Gasteiger partial charge in [0.1, 0.15) is 11.6 Å². The number of aryl methyl sites for hydroxylation is 1. The maximum atomic E-state index is 13.1. The van der Waals surface area contributed by atoms with Gasteiger partial charge in [-0.1, -0.05) is 12.1 Å². The average molecular weight is 266 g/mol. The van der Waals surface area contributed by atoms with Gasteiger partial charge in [0.25, 0.3) is 0 Å². The Morgan fingerprint density at radius 1 is 1.26 bits per heavy atom. The first-order valence-electron chi connectivity index (χ1n) is 6.19. The molecule has 2 rings (SSSR count). The lowest BCUT2D eigenvalue weighted by molar-refractivity contribution is 0.523. The molecule has 0 saturated heterocycles. The molecule has 0 fully saturated rings. The van der Waals surface area contributed by atoms with E-state index in [1.807, 2.05) is 6.92 Å². The molecule has 0 aliphatic rings. The highest BCUT2D eigenvalue weighted by molar-refractivity contribution is 5.20. The highest BCUT2D eigenvalue weighted by Crippen LogP contribution is 2.17. The SMILES string of the molecule is CCCn1nncc1C(N)Cc1cc(F)cc(F)c1. The highest BCUT2D eigenvalue weighted by atomic mass is 19.1. The zero-order valence-electron chi connectivity index (χ0n) is 10.7. The van der Waals surface area contributed by atoms with E-state index in [1.54, 1.807) is 10.9 Å². The second-order valence-electron chi connectivity index (χ2n) is 4.47. The molecule has 0 aliphatic heterocycles. The summed E-state index contributed by atoms with van der Waals surface area (Å²) in [6, 6.07) is 3.04. The van der Waals surface area contributed by atoms with Gasteiger partial charge in [-0.2, -0.15) is 0 Å². The fourth-order valence-corrected chi connectivity index (χ4v) is 2.03. The van der Waals surface area contributed by atoms with Gasteiger partial charge in [0.05, 0.1) is 17.9 Å². The lowest BCUT2D eigenvalue weighted by Gasteiger charge is -2.13. The summed E-state index contributed by atoms with van der Waals surface area (Å²) in [6.07, 6.45) is 2.85. The third-order valence-electron chi connectivity index (χ3n) is 2.84. The Bertz CT molecular complexity index is 533. The van der Waals surface area contributed by atoms with Gasteiger partial charge >= 0.3 is 0 Å². The van der Waals surface area contributed by atoms with Gasteiger partial charge in [0.2, 0.25) is 0 Å². The van der Waals surface area contributed by atoms with Crippen LogP contribution in [0.1, 0.15) is 30.6 Å². The number of aromatic nitrogens is 3. The van der Waals surface area contributed by atoms with E-state index in [1.165, 1.54) is 12.1 Å². The largest absolute Gasteiger partial charge is 0.322 e. The standard InChI is InChI=1S/C13H16F2N4/c1-2-3-19-13(8-17-18-19)12(16)6-9-4-10(14)7-11(15)5-9/h4-5,7-8,12H,2-3,6,16H2,1H3. The van der Waals surface area contributed by atoms with Crippen LogP contribution in [0.15, 0.2) is 24.4 Å². The smallest absolute Gasteiger partial charge is 0.126 e. The molecular formula is C13H16F2N4. The third-order valence-corrected chi connectivity index (χ3v) is 2.84. The summed E-state index contributed by atoms with van der Waals surface area (Å²) >= 11 is 0. The van der Waals surface area contributed by atoms with Crippen molar-refractivity contribution in [3.63, 3.8) is 0 Å². The van der Waals surface area contributed by atoms with Crippen LogP contribution in [0.5, 0.6) is 0 Å². The molecular weight excluding hydrogens is 250 g/mol. The molecule has 1 aromatic carbocycles. The zero-order chi connectivity index (χ0) is 13.8. The Balaban J connectivity index is 2.15. The van der Waals surface area contributed by atoms with Gasteiger partial charge in [-0.15, -0.1) is 5.10 Å². The second-order valence-corrected chi connectivity index (χ2v) is 4.47. The van der Waals surface area contributed by atoms with Crippen molar-refractivity contribution >= 4 is 0 Å². The van der Waals surface area contributed by atoms with Crippen LogP contribution >= 0.6 is 0 Å². The Morgan fingerprint density at radius 3 is 2.58 bits per heavy atom. The highest BCUT2D eigenvalue weighted by Gasteiger charge is 2.14.